The van der Waals surface area contributed by atoms with Crippen molar-refractivity contribution in [3.05, 3.63) is 101 Å². The Morgan fingerprint density at radius 3 is 2.58 bits per heavy atom. The summed E-state index contributed by atoms with van der Waals surface area (Å²) in [6.45, 7) is 5.36. The number of carbonyl (C=O) groups is 1. The summed E-state index contributed by atoms with van der Waals surface area (Å²) in [5, 5.41) is 1.10. The number of hydrogen-bond acceptors (Lipinski definition) is 3. The van der Waals surface area contributed by atoms with Crippen LogP contribution in [-0.4, -0.2) is 10.4 Å². The number of ketones is 1. The van der Waals surface area contributed by atoms with Gasteiger partial charge in [-0.3, -0.25) is 4.79 Å². The molecule has 2 heterocycles. The third kappa shape index (κ3) is 3.40. The number of aryl methyl sites for hydroxylation is 1. The lowest BCUT2D eigenvalue weighted by Gasteiger charge is -2.11. The Bertz CT molecular complexity index is 1320. The van der Waals surface area contributed by atoms with Gasteiger partial charge in [0.15, 0.2) is 5.76 Å². The van der Waals surface area contributed by atoms with Crippen molar-refractivity contribution in [2.75, 3.05) is 0 Å². The van der Waals surface area contributed by atoms with Crippen LogP contribution in [0.3, 0.4) is 0 Å². The molecule has 5 rings (SSSR count). The number of rotatable bonds is 5. The molecule has 0 saturated carbocycles. The zero-order valence-corrected chi connectivity index (χ0v) is 17.6. The highest BCUT2D eigenvalue weighted by atomic mass is 16.5. The highest BCUT2D eigenvalue weighted by molar-refractivity contribution is 6.15. The number of allylic oxidation sites excluding steroid dienone is 1. The van der Waals surface area contributed by atoms with Gasteiger partial charge < -0.3 is 14.0 Å². The molecule has 0 N–H and O–H groups in total. The fourth-order valence-corrected chi connectivity index (χ4v) is 4.05. The molecule has 0 atom stereocenters. The fourth-order valence-electron chi connectivity index (χ4n) is 4.05. The highest BCUT2D eigenvalue weighted by Gasteiger charge is 2.30. The molecule has 0 spiro atoms. The molecular weight excluding hydrogens is 386 g/mol. The Balaban J connectivity index is 1.45. The average molecular weight is 409 g/mol. The molecule has 0 saturated heterocycles. The topological polar surface area (TPSA) is 40.5 Å². The molecule has 31 heavy (non-hydrogen) atoms. The van der Waals surface area contributed by atoms with E-state index in [-0.39, 0.29) is 5.78 Å². The van der Waals surface area contributed by atoms with E-state index in [1.807, 2.05) is 61.5 Å². The van der Waals surface area contributed by atoms with Gasteiger partial charge in [0, 0.05) is 34.8 Å². The van der Waals surface area contributed by atoms with Crippen LogP contribution in [0.2, 0.25) is 0 Å². The molecule has 0 bridgehead atoms. The third-order valence-corrected chi connectivity index (χ3v) is 5.72. The van der Waals surface area contributed by atoms with Gasteiger partial charge in [-0.2, -0.15) is 0 Å². The van der Waals surface area contributed by atoms with Crippen LogP contribution < -0.4 is 9.47 Å². The van der Waals surface area contributed by atoms with E-state index in [4.69, 9.17) is 9.47 Å². The molecule has 154 valence electrons. The molecule has 4 aromatic rings. The second-order valence-corrected chi connectivity index (χ2v) is 7.67. The summed E-state index contributed by atoms with van der Waals surface area (Å²) in [5.41, 5.74) is 4.63. The minimum atomic E-state index is -0.0963. The number of hydrogen-bond donors (Lipinski definition) is 0. The Kier molecular flexibility index (Phi) is 4.83. The van der Waals surface area contributed by atoms with E-state index in [1.165, 1.54) is 0 Å². The van der Waals surface area contributed by atoms with Gasteiger partial charge in [-0.25, -0.2) is 0 Å². The van der Waals surface area contributed by atoms with E-state index in [0.29, 0.717) is 23.7 Å². The van der Waals surface area contributed by atoms with Gasteiger partial charge in [-0.1, -0.05) is 48.5 Å². The molecule has 1 aliphatic rings. The van der Waals surface area contributed by atoms with Crippen LogP contribution in [0.15, 0.2) is 78.7 Å². The number of para-hydroxylation sites is 1. The van der Waals surface area contributed by atoms with Gasteiger partial charge >= 0.3 is 0 Å². The molecule has 0 aliphatic carbocycles. The Morgan fingerprint density at radius 2 is 1.77 bits per heavy atom. The van der Waals surface area contributed by atoms with Crippen LogP contribution >= 0.6 is 0 Å². The lowest BCUT2D eigenvalue weighted by atomic mass is 10.1. The monoisotopic (exact) mass is 409 g/mol. The van der Waals surface area contributed by atoms with E-state index in [0.717, 1.165) is 39.9 Å². The minimum absolute atomic E-state index is 0.0963. The predicted molar refractivity (Wildman–Crippen MR) is 123 cm³/mol. The molecule has 1 aromatic heterocycles. The van der Waals surface area contributed by atoms with Crippen LogP contribution in [0.5, 0.6) is 11.5 Å². The van der Waals surface area contributed by atoms with E-state index in [9.17, 15) is 4.79 Å². The number of fused-ring (bicyclic) bond motifs is 2. The zero-order valence-electron chi connectivity index (χ0n) is 17.6. The number of aromatic nitrogens is 1. The number of benzene rings is 3. The molecular formula is C27H23NO3. The third-order valence-electron chi connectivity index (χ3n) is 5.72. The van der Waals surface area contributed by atoms with Crippen molar-refractivity contribution >= 4 is 22.8 Å². The SMILES string of the molecule is CCn1cc(/C=C2/Oc3c(ccc(OCc4ccccc4)c3C)C2=O)c2ccccc21. The van der Waals surface area contributed by atoms with E-state index >= 15 is 0 Å². The molecule has 0 unspecified atom stereocenters. The van der Waals surface area contributed by atoms with Crippen molar-refractivity contribution in [1.82, 2.24) is 4.57 Å². The molecule has 1 aliphatic heterocycles. The van der Waals surface area contributed by atoms with E-state index in [1.54, 1.807) is 6.07 Å². The van der Waals surface area contributed by atoms with Crippen molar-refractivity contribution in [2.24, 2.45) is 0 Å². The van der Waals surface area contributed by atoms with Gasteiger partial charge in [-0.05, 0) is 43.7 Å². The Morgan fingerprint density at radius 1 is 1.00 bits per heavy atom. The molecule has 0 radical (unpaired) electrons. The summed E-state index contributed by atoms with van der Waals surface area (Å²) >= 11 is 0. The van der Waals surface area contributed by atoms with Crippen molar-refractivity contribution < 1.29 is 14.3 Å². The predicted octanol–water partition coefficient (Wildman–Crippen LogP) is 6.16. The minimum Gasteiger partial charge on any atom is -0.488 e. The van der Waals surface area contributed by atoms with Gasteiger partial charge in [-0.15, -0.1) is 0 Å². The summed E-state index contributed by atoms with van der Waals surface area (Å²) in [6.07, 6.45) is 3.92. The van der Waals surface area contributed by atoms with E-state index < -0.39 is 0 Å². The average Bonchev–Trinajstić information content (AvgIpc) is 3.32. The number of ether oxygens (including phenoxy) is 2. The van der Waals surface area contributed by atoms with Gasteiger partial charge in [0.25, 0.3) is 0 Å². The first kappa shape index (κ1) is 19.2. The summed E-state index contributed by atoms with van der Waals surface area (Å²) < 4.78 is 14.2. The van der Waals surface area contributed by atoms with Gasteiger partial charge in [0.05, 0.1) is 5.56 Å². The Labute approximate surface area is 181 Å². The molecule has 3 aromatic carbocycles. The standard InChI is InChI=1S/C27H23NO3/c1-3-28-16-20(21-11-7-8-12-23(21)28)15-25-26(29)22-13-14-24(18(2)27(22)31-25)30-17-19-9-5-4-6-10-19/h4-16H,3,17H2,1-2H3/b25-15+. The fraction of sp³-hybridized carbons (Fsp3) is 0.148. The zero-order chi connectivity index (χ0) is 21.4. The van der Waals surface area contributed by atoms with E-state index in [2.05, 4.69) is 29.8 Å². The quantitative estimate of drug-likeness (QED) is 0.370. The van der Waals surface area contributed by atoms with Crippen LogP contribution in [0.25, 0.3) is 17.0 Å². The van der Waals surface area contributed by atoms with Crippen molar-refractivity contribution in [3.63, 3.8) is 0 Å². The maximum Gasteiger partial charge on any atom is 0.231 e. The van der Waals surface area contributed by atoms with Crippen LogP contribution in [0, 0.1) is 6.92 Å². The summed E-state index contributed by atoms with van der Waals surface area (Å²) in [6, 6.07) is 21.9. The lowest BCUT2D eigenvalue weighted by Crippen LogP contribution is -1.98. The van der Waals surface area contributed by atoms with Crippen molar-refractivity contribution in [1.29, 1.82) is 0 Å². The maximum atomic E-state index is 13.0. The first-order valence-corrected chi connectivity index (χ1v) is 10.5. The summed E-state index contributed by atoms with van der Waals surface area (Å²) in [7, 11) is 0. The number of carbonyl (C=O) groups excluding carboxylic acids is 1. The molecule has 0 amide bonds. The van der Waals surface area contributed by atoms with Crippen molar-refractivity contribution in [2.45, 2.75) is 27.0 Å². The Hall–Kier alpha value is -3.79. The second kappa shape index (κ2) is 7.80. The molecule has 0 fully saturated rings. The van der Waals surface area contributed by atoms with Crippen molar-refractivity contribution in [3.8, 4) is 11.5 Å². The van der Waals surface area contributed by atoms with Crippen LogP contribution in [0.1, 0.15) is 34.0 Å². The normalized spacial score (nSPS) is 14.1. The highest BCUT2D eigenvalue weighted by Crippen LogP contribution is 2.40. The largest absolute Gasteiger partial charge is 0.488 e. The first-order valence-electron chi connectivity index (χ1n) is 10.5. The molecule has 4 heteroatoms. The van der Waals surface area contributed by atoms with Gasteiger partial charge in [0.1, 0.15) is 18.1 Å². The molecule has 4 nitrogen and oxygen atoms in total. The van der Waals surface area contributed by atoms with Gasteiger partial charge in [0.2, 0.25) is 5.78 Å². The lowest BCUT2D eigenvalue weighted by molar-refractivity contribution is 0.101. The summed E-state index contributed by atoms with van der Waals surface area (Å²) in [4.78, 5) is 13.0. The number of nitrogens with zero attached hydrogens (tertiary/aromatic N) is 1. The first-order chi connectivity index (χ1) is 15.2. The second-order valence-electron chi connectivity index (χ2n) is 7.67. The number of Topliss-reactive ketones (excluding diaryl/α,β-unsaturated/α-hetero) is 1. The summed E-state index contributed by atoms with van der Waals surface area (Å²) in [5.74, 6) is 1.55. The maximum absolute atomic E-state index is 13.0. The van der Waals surface area contributed by atoms with Crippen LogP contribution in [-0.2, 0) is 13.2 Å². The van der Waals surface area contributed by atoms with Crippen LogP contribution in [0.4, 0.5) is 0 Å². The smallest absolute Gasteiger partial charge is 0.231 e.